The molecule has 0 fully saturated rings. The van der Waals surface area contributed by atoms with Crippen LogP contribution in [0.1, 0.15) is 64.7 Å². The molecule has 0 saturated carbocycles. The molecule has 0 N–H and O–H groups in total. The molecule has 2 radical (unpaired) electrons. The average Bonchev–Trinajstić information content (AvgIpc) is 2.43. The van der Waals surface area contributed by atoms with Crippen LogP contribution < -0.4 is 0 Å². The molecule has 0 atom stereocenters. The molecule has 0 heterocycles. The number of hydrogen-bond donors (Lipinski definition) is 0. The third-order valence-corrected chi connectivity index (χ3v) is 4.07. The third kappa shape index (κ3) is 18.1. The van der Waals surface area contributed by atoms with Crippen molar-refractivity contribution in [3.63, 3.8) is 0 Å². The zero-order chi connectivity index (χ0) is 14.0. The maximum Gasteiger partial charge on any atom is 0.229 e. The number of rotatable bonds is 16. The molecule has 19 heavy (non-hydrogen) atoms. The first-order valence-corrected chi connectivity index (χ1v) is 8.94. The molecule has 0 saturated heterocycles. The Labute approximate surface area is 122 Å². The van der Waals surface area contributed by atoms with E-state index >= 15 is 0 Å². The molecule has 0 aromatic rings. The highest BCUT2D eigenvalue weighted by atomic mass is 28.2. The summed E-state index contributed by atoms with van der Waals surface area (Å²) < 4.78 is 15.4. The fourth-order valence-electron chi connectivity index (χ4n) is 1.96. The normalized spacial score (nSPS) is 11.1. The van der Waals surface area contributed by atoms with Gasteiger partial charge in [-0.25, -0.2) is 0 Å². The molecule has 0 aromatic carbocycles. The maximum absolute atomic E-state index is 5.35. The summed E-state index contributed by atoms with van der Waals surface area (Å²) in [7, 11) is 2.39. The van der Waals surface area contributed by atoms with E-state index in [0.29, 0.717) is 6.79 Å². The standard InChI is InChI=1S/C15H32O3Si/c1-3-18-19-14-12-10-8-6-4-5-7-9-11-13-17-15-16-2/h3-15H2,1-2H3. The van der Waals surface area contributed by atoms with Gasteiger partial charge in [-0.15, -0.1) is 0 Å². The van der Waals surface area contributed by atoms with E-state index in [2.05, 4.69) is 6.92 Å². The number of ether oxygens (including phenoxy) is 2. The van der Waals surface area contributed by atoms with Gasteiger partial charge in [0.1, 0.15) is 6.79 Å². The van der Waals surface area contributed by atoms with Gasteiger partial charge in [0.05, 0.1) is 0 Å². The lowest BCUT2D eigenvalue weighted by Crippen LogP contribution is -1.98. The van der Waals surface area contributed by atoms with Gasteiger partial charge in [0.15, 0.2) is 0 Å². The molecule has 0 aliphatic carbocycles. The van der Waals surface area contributed by atoms with E-state index < -0.39 is 0 Å². The second-order valence-corrected chi connectivity index (χ2v) is 5.90. The topological polar surface area (TPSA) is 27.7 Å². The van der Waals surface area contributed by atoms with Crippen LogP contribution >= 0.6 is 0 Å². The van der Waals surface area contributed by atoms with E-state index in [0.717, 1.165) is 23.0 Å². The van der Waals surface area contributed by atoms with Crippen LogP contribution in [0.15, 0.2) is 0 Å². The fourth-order valence-corrected chi connectivity index (χ4v) is 2.70. The lowest BCUT2D eigenvalue weighted by molar-refractivity contribution is -0.0315. The van der Waals surface area contributed by atoms with Crippen molar-refractivity contribution in [3.05, 3.63) is 0 Å². The first-order valence-electron chi connectivity index (χ1n) is 7.83. The van der Waals surface area contributed by atoms with Crippen molar-refractivity contribution in [1.29, 1.82) is 0 Å². The highest BCUT2D eigenvalue weighted by Crippen LogP contribution is 2.10. The first kappa shape index (κ1) is 19.1. The van der Waals surface area contributed by atoms with Crippen molar-refractivity contribution >= 4 is 9.76 Å². The summed E-state index contributed by atoms with van der Waals surface area (Å²) in [4.78, 5) is 0. The van der Waals surface area contributed by atoms with Crippen molar-refractivity contribution in [2.45, 2.75) is 70.8 Å². The zero-order valence-electron chi connectivity index (χ0n) is 12.9. The summed E-state index contributed by atoms with van der Waals surface area (Å²) in [5, 5.41) is 0. The van der Waals surface area contributed by atoms with Gasteiger partial charge >= 0.3 is 0 Å². The Kier molecular flexibility index (Phi) is 18.2. The van der Waals surface area contributed by atoms with Gasteiger partial charge in [0.2, 0.25) is 9.76 Å². The highest BCUT2D eigenvalue weighted by Gasteiger charge is 1.94. The molecule has 0 aliphatic heterocycles. The Balaban J connectivity index is 2.88. The van der Waals surface area contributed by atoms with Gasteiger partial charge in [-0.3, -0.25) is 0 Å². The Morgan fingerprint density at radius 3 is 1.95 bits per heavy atom. The summed E-state index contributed by atoms with van der Waals surface area (Å²) in [6.07, 6.45) is 12.1. The average molecular weight is 289 g/mol. The van der Waals surface area contributed by atoms with E-state index in [4.69, 9.17) is 13.9 Å². The molecule has 0 rings (SSSR count). The van der Waals surface area contributed by atoms with Gasteiger partial charge in [0.25, 0.3) is 0 Å². The largest absolute Gasteiger partial charge is 0.418 e. The van der Waals surface area contributed by atoms with Crippen LogP contribution in [-0.4, -0.2) is 36.9 Å². The first-order chi connectivity index (χ1) is 9.41. The maximum atomic E-state index is 5.35. The van der Waals surface area contributed by atoms with Gasteiger partial charge in [-0.1, -0.05) is 51.4 Å². The molecule has 4 heteroatoms. The molecular formula is C15H32O3Si. The van der Waals surface area contributed by atoms with Crippen molar-refractivity contribution in [3.8, 4) is 0 Å². The summed E-state index contributed by atoms with van der Waals surface area (Å²) in [6, 6.07) is 1.26. The number of hydrogen-bond acceptors (Lipinski definition) is 3. The van der Waals surface area contributed by atoms with Crippen molar-refractivity contribution < 1.29 is 13.9 Å². The second-order valence-electron chi connectivity index (χ2n) is 4.82. The SMILES string of the molecule is CCO[Si]CCCCCCCCCCCOCOC. The number of unbranched alkanes of at least 4 members (excludes halogenated alkanes) is 8. The molecule has 0 bridgehead atoms. The fraction of sp³-hybridized carbons (Fsp3) is 1.00. The predicted octanol–water partition coefficient (Wildman–Crippen LogP) is 4.19. The van der Waals surface area contributed by atoms with E-state index in [9.17, 15) is 0 Å². The van der Waals surface area contributed by atoms with Crippen LogP contribution in [0.3, 0.4) is 0 Å². The molecular weight excluding hydrogens is 256 g/mol. The molecule has 0 aliphatic rings. The van der Waals surface area contributed by atoms with Gasteiger partial charge < -0.3 is 13.9 Å². The predicted molar refractivity (Wildman–Crippen MR) is 81.6 cm³/mol. The van der Waals surface area contributed by atoms with Gasteiger partial charge in [-0.05, 0) is 19.4 Å². The van der Waals surface area contributed by atoms with Gasteiger partial charge in [-0.2, -0.15) is 0 Å². The molecule has 114 valence electrons. The number of methoxy groups -OCH3 is 1. The Bertz CT molecular complexity index is 140. The van der Waals surface area contributed by atoms with Crippen LogP contribution in [0.5, 0.6) is 0 Å². The lowest BCUT2D eigenvalue weighted by Gasteiger charge is -2.03. The summed E-state index contributed by atoms with van der Waals surface area (Å²) in [5.74, 6) is 0. The molecule has 0 amide bonds. The monoisotopic (exact) mass is 288 g/mol. The van der Waals surface area contributed by atoms with Crippen molar-refractivity contribution in [2.24, 2.45) is 0 Å². The summed E-state index contributed by atoms with van der Waals surface area (Å²) >= 11 is 0. The third-order valence-electron chi connectivity index (χ3n) is 3.02. The molecule has 0 aromatic heterocycles. The molecule has 0 unspecified atom stereocenters. The Morgan fingerprint density at radius 1 is 0.789 bits per heavy atom. The van der Waals surface area contributed by atoms with Crippen LogP contribution in [0.2, 0.25) is 6.04 Å². The summed E-state index contributed by atoms with van der Waals surface area (Å²) in [6.45, 7) is 4.21. The minimum atomic E-state index is 0.434. The lowest BCUT2D eigenvalue weighted by atomic mass is 10.1. The van der Waals surface area contributed by atoms with E-state index in [-0.39, 0.29) is 0 Å². The molecule has 3 nitrogen and oxygen atoms in total. The Morgan fingerprint density at radius 2 is 1.37 bits per heavy atom. The minimum absolute atomic E-state index is 0.434. The van der Waals surface area contributed by atoms with Crippen LogP contribution in [0.25, 0.3) is 0 Å². The zero-order valence-corrected chi connectivity index (χ0v) is 13.9. The molecule has 0 spiro atoms. The summed E-state index contributed by atoms with van der Waals surface area (Å²) in [5.41, 5.74) is 0. The Hall–Kier alpha value is 0.0969. The van der Waals surface area contributed by atoms with Crippen LogP contribution in [-0.2, 0) is 13.9 Å². The van der Waals surface area contributed by atoms with Crippen molar-refractivity contribution in [2.75, 3.05) is 27.1 Å². The highest BCUT2D eigenvalue weighted by molar-refractivity contribution is 6.26. The second kappa shape index (κ2) is 18.1. The quantitative estimate of drug-likeness (QED) is 0.242. The van der Waals surface area contributed by atoms with Crippen molar-refractivity contribution in [1.82, 2.24) is 0 Å². The minimum Gasteiger partial charge on any atom is -0.418 e. The van der Waals surface area contributed by atoms with E-state index in [1.807, 2.05) is 0 Å². The van der Waals surface area contributed by atoms with Crippen LogP contribution in [0.4, 0.5) is 0 Å². The van der Waals surface area contributed by atoms with Gasteiger partial charge in [0, 0.05) is 20.3 Å². The van der Waals surface area contributed by atoms with E-state index in [1.165, 1.54) is 63.8 Å². The smallest absolute Gasteiger partial charge is 0.229 e. The van der Waals surface area contributed by atoms with Crippen LogP contribution in [0, 0.1) is 0 Å². The van der Waals surface area contributed by atoms with E-state index in [1.54, 1.807) is 7.11 Å².